The van der Waals surface area contributed by atoms with E-state index in [9.17, 15) is 0 Å². The molecule has 0 heteroatoms. The maximum Gasteiger partial charge on any atom is -0.0261 e. The largest absolute Gasteiger partial charge is 0.0599 e. The van der Waals surface area contributed by atoms with Crippen molar-refractivity contribution < 1.29 is 0 Å². The van der Waals surface area contributed by atoms with Crippen LogP contribution in [-0.4, -0.2) is 0 Å². The van der Waals surface area contributed by atoms with Crippen LogP contribution in [0.2, 0.25) is 0 Å². The summed E-state index contributed by atoms with van der Waals surface area (Å²) in [5.74, 6) is 5.21. The zero-order chi connectivity index (χ0) is 16.5. The Morgan fingerprint density at radius 3 is 2.17 bits per heavy atom. The van der Waals surface area contributed by atoms with E-state index in [1.165, 1.54) is 25.7 Å². The Kier molecular flexibility index (Phi) is 3.76. The molecule has 4 aliphatic carbocycles. The minimum Gasteiger partial charge on any atom is -0.0599 e. The van der Waals surface area contributed by atoms with Gasteiger partial charge >= 0.3 is 0 Å². The number of hydrogen-bond donors (Lipinski definition) is 0. The van der Waals surface area contributed by atoms with Crippen LogP contribution in [0.1, 0.15) is 98.8 Å². The first kappa shape index (κ1) is 16.5. The SMILES string of the molecule is CC(C)(C)C1CCC2C3CCC4CCCCC4(C)C3CCC21C. The molecule has 0 spiro atoms. The first-order valence-corrected chi connectivity index (χ1v) is 10.8. The molecule has 0 amide bonds. The third-order valence-electron chi connectivity index (χ3n) is 9.63. The van der Waals surface area contributed by atoms with Crippen LogP contribution in [0, 0.1) is 45.8 Å². The van der Waals surface area contributed by atoms with Crippen LogP contribution in [0.5, 0.6) is 0 Å². The highest BCUT2D eigenvalue weighted by Gasteiger charge is 2.60. The first-order chi connectivity index (χ1) is 10.8. The second-order valence-corrected chi connectivity index (χ2v) is 11.4. The average molecular weight is 317 g/mol. The Hall–Kier alpha value is 0. The molecule has 0 aliphatic heterocycles. The molecule has 0 saturated heterocycles. The van der Waals surface area contributed by atoms with Gasteiger partial charge in [-0.2, -0.15) is 0 Å². The van der Waals surface area contributed by atoms with E-state index in [-0.39, 0.29) is 0 Å². The zero-order valence-corrected chi connectivity index (χ0v) is 16.5. The topological polar surface area (TPSA) is 0 Å². The molecule has 0 radical (unpaired) electrons. The van der Waals surface area contributed by atoms with Gasteiger partial charge in [0.1, 0.15) is 0 Å². The summed E-state index contributed by atoms with van der Waals surface area (Å²) in [4.78, 5) is 0. The van der Waals surface area contributed by atoms with E-state index in [0.29, 0.717) is 16.2 Å². The lowest BCUT2D eigenvalue weighted by molar-refractivity contribution is -0.118. The van der Waals surface area contributed by atoms with Crippen molar-refractivity contribution in [3.8, 4) is 0 Å². The highest BCUT2D eigenvalue weighted by Crippen LogP contribution is 2.69. The van der Waals surface area contributed by atoms with Crippen LogP contribution >= 0.6 is 0 Å². The summed E-state index contributed by atoms with van der Waals surface area (Å²) in [5.41, 5.74) is 1.86. The maximum atomic E-state index is 2.71. The minimum absolute atomic E-state index is 0.502. The average Bonchev–Trinajstić information content (AvgIpc) is 2.84. The van der Waals surface area contributed by atoms with Gasteiger partial charge in [-0.05, 0) is 97.2 Å². The second kappa shape index (κ2) is 5.25. The summed E-state index contributed by atoms with van der Waals surface area (Å²) in [6.07, 6.45) is 15.4. The monoisotopic (exact) mass is 316 g/mol. The van der Waals surface area contributed by atoms with Gasteiger partial charge in [0.15, 0.2) is 0 Å². The Morgan fingerprint density at radius 1 is 0.696 bits per heavy atom. The van der Waals surface area contributed by atoms with Gasteiger partial charge < -0.3 is 0 Å². The quantitative estimate of drug-likeness (QED) is 0.448. The molecular weight excluding hydrogens is 276 g/mol. The molecule has 4 rings (SSSR count). The second-order valence-electron chi connectivity index (χ2n) is 11.4. The van der Waals surface area contributed by atoms with Gasteiger partial charge in [0.2, 0.25) is 0 Å². The van der Waals surface area contributed by atoms with Crippen molar-refractivity contribution in [3.05, 3.63) is 0 Å². The van der Waals surface area contributed by atoms with Gasteiger partial charge in [0.05, 0.1) is 0 Å². The van der Waals surface area contributed by atoms with Gasteiger partial charge in [0.25, 0.3) is 0 Å². The van der Waals surface area contributed by atoms with E-state index in [1.807, 2.05) is 0 Å². The molecule has 4 aliphatic rings. The van der Waals surface area contributed by atoms with Crippen LogP contribution in [0.25, 0.3) is 0 Å². The van der Waals surface area contributed by atoms with Crippen LogP contribution in [0.3, 0.4) is 0 Å². The molecule has 7 unspecified atom stereocenters. The molecule has 132 valence electrons. The van der Waals surface area contributed by atoms with Crippen LogP contribution in [-0.2, 0) is 0 Å². The van der Waals surface area contributed by atoms with Crippen molar-refractivity contribution in [1.82, 2.24) is 0 Å². The highest BCUT2D eigenvalue weighted by atomic mass is 14.7. The van der Waals surface area contributed by atoms with E-state index in [4.69, 9.17) is 0 Å². The lowest BCUT2D eigenvalue weighted by atomic mass is 9.44. The van der Waals surface area contributed by atoms with Crippen molar-refractivity contribution >= 4 is 0 Å². The molecule has 0 nitrogen and oxygen atoms in total. The molecule has 23 heavy (non-hydrogen) atoms. The van der Waals surface area contributed by atoms with Crippen molar-refractivity contribution in [1.29, 1.82) is 0 Å². The molecular formula is C23H40. The van der Waals surface area contributed by atoms with Crippen molar-refractivity contribution in [2.24, 2.45) is 45.8 Å². The zero-order valence-electron chi connectivity index (χ0n) is 16.5. The van der Waals surface area contributed by atoms with Crippen molar-refractivity contribution in [2.45, 2.75) is 98.8 Å². The summed E-state index contributed by atoms with van der Waals surface area (Å²) in [7, 11) is 0. The Balaban J connectivity index is 1.63. The fourth-order valence-electron chi connectivity index (χ4n) is 8.72. The highest BCUT2D eigenvalue weighted by molar-refractivity contribution is 5.10. The van der Waals surface area contributed by atoms with E-state index in [2.05, 4.69) is 34.6 Å². The molecule has 0 aromatic carbocycles. The molecule has 0 aromatic rings. The van der Waals surface area contributed by atoms with Gasteiger partial charge in [0, 0.05) is 0 Å². The molecule has 7 atom stereocenters. The van der Waals surface area contributed by atoms with E-state index >= 15 is 0 Å². The lowest BCUT2D eigenvalue weighted by Crippen LogP contribution is -2.53. The smallest absolute Gasteiger partial charge is 0.0261 e. The van der Waals surface area contributed by atoms with E-state index in [1.54, 1.807) is 38.5 Å². The number of rotatable bonds is 0. The molecule has 0 N–H and O–H groups in total. The number of fused-ring (bicyclic) bond motifs is 5. The first-order valence-electron chi connectivity index (χ1n) is 10.8. The summed E-state index contributed by atoms with van der Waals surface area (Å²) in [5, 5.41) is 0. The Bertz CT molecular complexity index is 457. The molecule has 0 bridgehead atoms. The Labute approximate surface area is 145 Å². The summed E-state index contributed by atoms with van der Waals surface area (Å²) in [6, 6.07) is 0. The third kappa shape index (κ3) is 2.29. The normalized spacial score (nSPS) is 53.3. The fourth-order valence-corrected chi connectivity index (χ4v) is 8.72. The summed E-state index contributed by atoms with van der Waals surface area (Å²) < 4.78 is 0. The molecule has 0 aromatic heterocycles. The maximum absolute atomic E-state index is 2.71. The van der Waals surface area contributed by atoms with Crippen LogP contribution < -0.4 is 0 Å². The van der Waals surface area contributed by atoms with Crippen molar-refractivity contribution in [2.75, 3.05) is 0 Å². The van der Waals surface area contributed by atoms with Gasteiger partial charge in [-0.1, -0.05) is 47.5 Å². The predicted molar refractivity (Wildman–Crippen MR) is 99.3 cm³/mol. The van der Waals surface area contributed by atoms with Gasteiger partial charge in [-0.3, -0.25) is 0 Å². The van der Waals surface area contributed by atoms with E-state index in [0.717, 1.165) is 29.6 Å². The summed E-state index contributed by atoms with van der Waals surface area (Å²) >= 11 is 0. The molecule has 0 heterocycles. The standard InChI is InChI=1S/C23H40/c1-21(2,3)20-12-11-18-17-10-9-16-8-6-7-14-22(16,4)19(17)13-15-23(18,20)5/h16-20H,6-15H2,1-5H3. The lowest BCUT2D eigenvalue weighted by Gasteiger charge is -2.61. The fraction of sp³-hybridized carbons (Fsp3) is 1.00. The van der Waals surface area contributed by atoms with Crippen molar-refractivity contribution in [3.63, 3.8) is 0 Å². The summed E-state index contributed by atoms with van der Waals surface area (Å²) in [6.45, 7) is 12.9. The molecule has 4 saturated carbocycles. The predicted octanol–water partition coefficient (Wildman–Crippen LogP) is 7.08. The van der Waals surface area contributed by atoms with Gasteiger partial charge in [-0.25, -0.2) is 0 Å². The van der Waals surface area contributed by atoms with Crippen LogP contribution in [0.15, 0.2) is 0 Å². The minimum atomic E-state index is 0.502. The Morgan fingerprint density at radius 2 is 1.43 bits per heavy atom. The van der Waals surface area contributed by atoms with E-state index < -0.39 is 0 Å². The third-order valence-corrected chi connectivity index (χ3v) is 9.63. The molecule has 4 fully saturated rings. The van der Waals surface area contributed by atoms with Gasteiger partial charge in [-0.15, -0.1) is 0 Å². The number of hydrogen-bond acceptors (Lipinski definition) is 0. The van der Waals surface area contributed by atoms with Crippen LogP contribution in [0.4, 0.5) is 0 Å².